The highest BCUT2D eigenvalue weighted by Gasteiger charge is 2.22. The van der Waals surface area contributed by atoms with E-state index in [1.807, 2.05) is 53.3 Å². The van der Waals surface area contributed by atoms with E-state index < -0.39 is 0 Å². The summed E-state index contributed by atoms with van der Waals surface area (Å²) >= 11 is 6.03. The van der Waals surface area contributed by atoms with Crippen LogP contribution in [0.3, 0.4) is 0 Å². The van der Waals surface area contributed by atoms with E-state index in [0.29, 0.717) is 0 Å². The Morgan fingerprint density at radius 1 is 0.933 bits per heavy atom. The second kappa shape index (κ2) is 7.88. The van der Waals surface area contributed by atoms with Crippen molar-refractivity contribution in [3.05, 3.63) is 72.0 Å². The average molecular weight is 420 g/mol. The first kappa shape index (κ1) is 18.8. The maximum absolute atomic E-state index is 6.03. The molecule has 3 heterocycles. The molecule has 6 nitrogen and oxygen atoms in total. The minimum absolute atomic E-state index is 0.720. The van der Waals surface area contributed by atoms with Gasteiger partial charge in [0, 0.05) is 49.2 Å². The second-order valence-electron chi connectivity index (χ2n) is 7.26. The number of benzene rings is 2. The topological polar surface area (TPSA) is 45.9 Å². The van der Waals surface area contributed by atoms with E-state index in [4.69, 9.17) is 21.4 Å². The number of piperazine rings is 1. The van der Waals surface area contributed by atoms with Crippen LogP contribution in [0.2, 0.25) is 5.02 Å². The summed E-state index contributed by atoms with van der Waals surface area (Å²) in [5.41, 5.74) is 4.09. The molecule has 0 unspecified atom stereocenters. The molecule has 2 aromatic carbocycles. The van der Waals surface area contributed by atoms with E-state index in [-0.39, 0.29) is 0 Å². The monoisotopic (exact) mass is 419 g/mol. The van der Waals surface area contributed by atoms with Gasteiger partial charge in [0.2, 0.25) is 0 Å². The summed E-state index contributed by atoms with van der Waals surface area (Å²) in [7, 11) is 1.72. The number of para-hydroxylation sites is 2. The van der Waals surface area contributed by atoms with Crippen LogP contribution in [-0.4, -0.2) is 47.9 Å². The van der Waals surface area contributed by atoms with Gasteiger partial charge in [-0.15, -0.1) is 0 Å². The zero-order valence-corrected chi connectivity index (χ0v) is 17.5. The van der Waals surface area contributed by atoms with Crippen LogP contribution >= 0.6 is 11.6 Å². The maximum Gasteiger partial charge on any atom is 0.154 e. The smallest absolute Gasteiger partial charge is 0.154 e. The predicted octanol–water partition coefficient (Wildman–Crippen LogP) is 4.38. The van der Waals surface area contributed by atoms with Crippen molar-refractivity contribution < 1.29 is 4.74 Å². The van der Waals surface area contributed by atoms with Gasteiger partial charge in [-0.2, -0.15) is 5.10 Å². The molecule has 1 aliphatic rings. The first-order valence-electron chi connectivity index (χ1n) is 9.96. The van der Waals surface area contributed by atoms with Crippen molar-refractivity contribution in [2.75, 3.05) is 43.1 Å². The molecular formula is C23H22ClN5O. The normalized spacial score (nSPS) is 14.3. The fourth-order valence-electron chi connectivity index (χ4n) is 3.96. The molecule has 0 bridgehead atoms. The Morgan fingerprint density at radius 3 is 2.43 bits per heavy atom. The van der Waals surface area contributed by atoms with E-state index in [9.17, 15) is 0 Å². The summed E-state index contributed by atoms with van der Waals surface area (Å²) in [6, 6.07) is 18.0. The lowest BCUT2D eigenvalue weighted by Crippen LogP contribution is -2.47. The number of aromatic nitrogens is 3. The second-order valence-corrected chi connectivity index (χ2v) is 7.70. The molecule has 2 aromatic heterocycles. The van der Waals surface area contributed by atoms with Crippen molar-refractivity contribution in [2.24, 2.45) is 0 Å². The van der Waals surface area contributed by atoms with Gasteiger partial charge in [0.1, 0.15) is 11.3 Å². The predicted molar refractivity (Wildman–Crippen MR) is 121 cm³/mol. The number of fused-ring (bicyclic) bond motifs is 1. The first-order chi connectivity index (χ1) is 14.7. The summed E-state index contributed by atoms with van der Waals surface area (Å²) in [6.45, 7) is 3.57. The third kappa shape index (κ3) is 3.44. The van der Waals surface area contributed by atoms with Gasteiger partial charge in [0.05, 0.1) is 18.5 Å². The van der Waals surface area contributed by atoms with Gasteiger partial charge >= 0.3 is 0 Å². The summed E-state index contributed by atoms with van der Waals surface area (Å²) in [4.78, 5) is 9.38. The molecule has 0 amide bonds. The van der Waals surface area contributed by atoms with Crippen LogP contribution < -0.4 is 14.5 Å². The van der Waals surface area contributed by atoms with Crippen LogP contribution in [0.5, 0.6) is 5.75 Å². The number of halogens is 1. The number of hydrogen-bond donors (Lipinski definition) is 0. The Kier molecular flexibility index (Phi) is 4.93. The molecule has 0 aliphatic carbocycles. The highest BCUT2D eigenvalue weighted by atomic mass is 35.5. The molecule has 152 valence electrons. The molecule has 0 saturated carbocycles. The maximum atomic E-state index is 6.03. The minimum atomic E-state index is 0.720. The number of hydrogen-bond acceptors (Lipinski definition) is 5. The molecule has 0 radical (unpaired) electrons. The van der Waals surface area contributed by atoms with Crippen LogP contribution in [0.15, 0.2) is 67.0 Å². The first-order valence-corrected chi connectivity index (χ1v) is 10.3. The van der Waals surface area contributed by atoms with E-state index in [2.05, 4.69) is 33.0 Å². The lowest BCUT2D eigenvalue weighted by molar-refractivity contribution is 0.413. The molecular weight excluding hydrogens is 398 g/mol. The van der Waals surface area contributed by atoms with Gasteiger partial charge in [0.25, 0.3) is 0 Å². The average Bonchev–Trinajstić information content (AvgIpc) is 3.24. The van der Waals surface area contributed by atoms with Crippen molar-refractivity contribution >= 4 is 28.6 Å². The third-order valence-electron chi connectivity index (χ3n) is 5.51. The molecule has 0 spiro atoms. The summed E-state index contributed by atoms with van der Waals surface area (Å²) in [5, 5.41) is 5.45. The van der Waals surface area contributed by atoms with Crippen molar-refractivity contribution in [1.82, 2.24) is 14.6 Å². The Bertz CT molecular complexity index is 1170. The molecule has 1 fully saturated rings. The molecule has 30 heavy (non-hydrogen) atoms. The standard InChI is InChI=1S/C23H22ClN5O/c1-30-22-5-3-2-4-20(22)27-12-14-28(15-13-27)23-21-16-19(26-29(21)11-10-25-23)17-6-8-18(24)9-7-17/h2-11,16H,12-15H2,1H3. The van der Waals surface area contributed by atoms with Crippen molar-refractivity contribution in [1.29, 1.82) is 0 Å². The molecule has 0 N–H and O–H groups in total. The summed E-state index contributed by atoms with van der Waals surface area (Å²) < 4.78 is 7.43. The zero-order chi connectivity index (χ0) is 20.5. The molecule has 0 atom stereocenters. The number of ether oxygens (including phenoxy) is 1. The Hall–Kier alpha value is -3.25. The van der Waals surface area contributed by atoms with Gasteiger partial charge in [-0.25, -0.2) is 9.50 Å². The summed E-state index contributed by atoms with van der Waals surface area (Å²) in [5.74, 6) is 1.87. The van der Waals surface area contributed by atoms with E-state index in [1.165, 1.54) is 0 Å². The fraction of sp³-hybridized carbons (Fsp3) is 0.217. The van der Waals surface area contributed by atoms with Gasteiger partial charge in [0.15, 0.2) is 5.82 Å². The van der Waals surface area contributed by atoms with Crippen LogP contribution in [0.1, 0.15) is 0 Å². The number of nitrogens with zero attached hydrogens (tertiary/aromatic N) is 5. The van der Waals surface area contributed by atoms with Crippen LogP contribution in [0.25, 0.3) is 16.8 Å². The summed E-state index contributed by atoms with van der Waals surface area (Å²) in [6.07, 6.45) is 3.71. The lowest BCUT2D eigenvalue weighted by Gasteiger charge is -2.37. The fourth-order valence-corrected chi connectivity index (χ4v) is 4.09. The molecule has 1 saturated heterocycles. The van der Waals surface area contributed by atoms with Crippen LogP contribution in [0, 0.1) is 0 Å². The largest absolute Gasteiger partial charge is 0.495 e. The minimum Gasteiger partial charge on any atom is -0.495 e. The quantitative estimate of drug-likeness (QED) is 0.491. The van der Waals surface area contributed by atoms with Gasteiger partial charge in [-0.1, -0.05) is 35.9 Å². The lowest BCUT2D eigenvalue weighted by atomic mass is 10.1. The Labute approximate surface area is 180 Å². The SMILES string of the molecule is COc1ccccc1N1CCN(c2nccn3nc(-c4ccc(Cl)cc4)cc23)CC1. The van der Waals surface area contributed by atoms with Gasteiger partial charge < -0.3 is 14.5 Å². The van der Waals surface area contributed by atoms with Crippen LogP contribution in [0.4, 0.5) is 11.5 Å². The highest BCUT2D eigenvalue weighted by Crippen LogP contribution is 2.30. The van der Waals surface area contributed by atoms with E-state index in [1.54, 1.807) is 7.11 Å². The molecule has 4 aromatic rings. The van der Waals surface area contributed by atoms with Crippen LogP contribution in [-0.2, 0) is 0 Å². The van der Waals surface area contributed by atoms with Crippen molar-refractivity contribution in [3.8, 4) is 17.0 Å². The van der Waals surface area contributed by atoms with Crippen molar-refractivity contribution in [3.63, 3.8) is 0 Å². The number of rotatable bonds is 4. The zero-order valence-electron chi connectivity index (χ0n) is 16.7. The van der Waals surface area contributed by atoms with Gasteiger partial charge in [-0.3, -0.25) is 0 Å². The number of methoxy groups -OCH3 is 1. The van der Waals surface area contributed by atoms with Crippen molar-refractivity contribution in [2.45, 2.75) is 0 Å². The third-order valence-corrected chi connectivity index (χ3v) is 5.77. The van der Waals surface area contributed by atoms with Gasteiger partial charge in [-0.05, 0) is 30.3 Å². The highest BCUT2D eigenvalue weighted by molar-refractivity contribution is 6.30. The Morgan fingerprint density at radius 2 is 1.67 bits per heavy atom. The molecule has 7 heteroatoms. The molecule has 1 aliphatic heterocycles. The Balaban J connectivity index is 1.40. The van der Waals surface area contributed by atoms with E-state index in [0.717, 1.165) is 65.2 Å². The molecule has 5 rings (SSSR count). The van der Waals surface area contributed by atoms with E-state index >= 15 is 0 Å². The number of anilines is 2.